The maximum absolute atomic E-state index is 6.11. The Morgan fingerprint density at radius 2 is 2.19 bits per heavy atom. The Kier molecular flexibility index (Phi) is 3.27. The van der Waals surface area contributed by atoms with Crippen LogP contribution in [0.4, 0.5) is 0 Å². The number of rotatable bonds is 3. The Bertz CT molecular complexity index is 477. The Hall–Kier alpha value is -1.32. The lowest BCUT2D eigenvalue weighted by Crippen LogP contribution is -2.12. The zero-order chi connectivity index (χ0) is 11.5. The van der Waals surface area contributed by atoms with Gasteiger partial charge in [0, 0.05) is 17.3 Å². The molecule has 0 aliphatic heterocycles. The van der Waals surface area contributed by atoms with Crippen LogP contribution in [0.15, 0.2) is 36.8 Å². The third-order valence-corrected chi connectivity index (χ3v) is 2.88. The lowest BCUT2D eigenvalue weighted by atomic mass is 10.2. The molecule has 0 saturated heterocycles. The summed E-state index contributed by atoms with van der Waals surface area (Å²) in [5.74, 6) is 0. The quantitative estimate of drug-likeness (QED) is 0.889. The van der Waals surface area contributed by atoms with E-state index in [-0.39, 0.29) is 6.04 Å². The van der Waals surface area contributed by atoms with E-state index in [1.165, 1.54) is 0 Å². The number of nitrogens with zero attached hydrogens (tertiary/aromatic N) is 2. The molecule has 1 heterocycles. The van der Waals surface area contributed by atoms with Crippen molar-refractivity contribution in [3.05, 3.63) is 53.1 Å². The molecule has 3 nitrogen and oxygen atoms in total. The molecule has 1 aromatic carbocycles. The number of hydrogen-bond acceptors (Lipinski definition) is 2. The van der Waals surface area contributed by atoms with Crippen molar-refractivity contribution in [1.29, 1.82) is 0 Å². The Morgan fingerprint density at radius 3 is 2.88 bits per heavy atom. The molecule has 0 aliphatic carbocycles. The van der Waals surface area contributed by atoms with Gasteiger partial charge in [0.05, 0.1) is 18.6 Å². The van der Waals surface area contributed by atoms with E-state index in [4.69, 9.17) is 17.3 Å². The van der Waals surface area contributed by atoms with Gasteiger partial charge in [-0.2, -0.15) is 0 Å². The van der Waals surface area contributed by atoms with Gasteiger partial charge in [-0.05, 0) is 18.6 Å². The van der Waals surface area contributed by atoms with Crippen molar-refractivity contribution < 1.29 is 0 Å². The molecule has 0 aliphatic rings. The summed E-state index contributed by atoms with van der Waals surface area (Å²) in [6.07, 6.45) is 3.57. The molecule has 2 aromatic rings. The van der Waals surface area contributed by atoms with Crippen LogP contribution in [-0.4, -0.2) is 9.55 Å². The smallest absolute Gasteiger partial charge is 0.0951 e. The second-order valence-corrected chi connectivity index (χ2v) is 4.23. The molecule has 0 fully saturated rings. The van der Waals surface area contributed by atoms with Crippen LogP contribution in [-0.2, 0) is 6.54 Å². The SMILES string of the molecule is C[C@@H](N)c1cncn1Cc1ccccc1Cl. The molecular formula is C12H14ClN3. The van der Waals surface area contributed by atoms with Gasteiger partial charge in [-0.3, -0.25) is 0 Å². The Balaban J connectivity index is 2.27. The molecule has 0 spiro atoms. The summed E-state index contributed by atoms with van der Waals surface area (Å²) in [4.78, 5) is 4.11. The molecule has 0 bridgehead atoms. The average Bonchev–Trinajstić information content (AvgIpc) is 2.69. The fourth-order valence-corrected chi connectivity index (χ4v) is 1.85. The van der Waals surface area contributed by atoms with Gasteiger partial charge in [-0.15, -0.1) is 0 Å². The Morgan fingerprint density at radius 1 is 1.44 bits per heavy atom. The molecule has 2 N–H and O–H groups in total. The fourth-order valence-electron chi connectivity index (χ4n) is 1.65. The summed E-state index contributed by atoms with van der Waals surface area (Å²) in [5.41, 5.74) is 7.94. The number of nitrogens with two attached hydrogens (primary N) is 1. The molecule has 0 amide bonds. The van der Waals surface area contributed by atoms with Gasteiger partial charge >= 0.3 is 0 Å². The second-order valence-electron chi connectivity index (χ2n) is 3.83. The standard InChI is InChI=1S/C12H14ClN3/c1-9(14)12-6-15-8-16(12)7-10-4-2-3-5-11(10)13/h2-6,8-9H,7,14H2,1H3/t9-/m1/s1. The highest BCUT2D eigenvalue weighted by molar-refractivity contribution is 6.31. The van der Waals surface area contributed by atoms with Crippen molar-refractivity contribution in [2.75, 3.05) is 0 Å². The van der Waals surface area contributed by atoms with Crippen LogP contribution in [0.25, 0.3) is 0 Å². The minimum Gasteiger partial charge on any atom is -0.329 e. The number of hydrogen-bond donors (Lipinski definition) is 1. The minimum absolute atomic E-state index is 0.0232. The van der Waals surface area contributed by atoms with Crippen LogP contribution >= 0.6 is 11.6 Å². The van der Waals surface area contributed by atoms with Gasteiger partial charge in [0.1, 0.15) is 0 Å². The first-order valence-electron chi connectivity index (χ1n) is 5.17. The highest BCUT2D eigenvalue weighted by Gasteiger charge is 2.08. The molecule has 1 atom stereocenters. The highest BCUT2D eigenvalue weighted by Crippen LogP contribution is 2.18. The molecule has 84 valence electrons. The number of halogens is 1. The van der Waals surface area contributed by atoms with Crippen molar-refractivity contribution in [1.82, 2.24) is 9.55 Å². The van der Waals surface area contributed by atoms with Crippen molar-refractivity contribution in [3.8, 4) is 0 Å². The van der Waals surface area contributed by atoms with E-state index in [0.717, 1.165) is 16.3 Å². The first kappa shape index (κ1) is 11.2. The van der Waals surface area contributed by atoms with Crippen LogP contribution in [0.1, 0.15) is 24.2 Å². The predicted octanol–water partition coefficient (Wildman–Crippen LogP) is 2.60. The molecule has 1 aromatic heterocycles. The fraction of sp³-hybridized carbons (Fsp3) is 0.250. The third kappa shape index (κ3) is 2.26. The molecule has 0 radical (unpaired) electrons. The van der Waals surface area contributed by atoms with Gasteiger partial charge in [0.15, 0.2) is 0 Å². The van der Waals surface area contributed by atoms with Gasteiger partial charge in [0.2, 0.25) is 0 Å². The van der Waals surface area contributed by atoms with E-state index in [1.54, 1.807) is 12.5 Å². The largest absolute Gasteiger partial charge is 0.329 e. The normalized spacial score (nSPS) is 12.7. The monoisotopic (exact) mass is 235 g/mol. The number of benzene rings is 1. The van der Waals surface area contributed by atoms with E-state index < -0.39 is 0 Å². The lowest BCUT2D eigenvalue weighted by Gasteiger charge is -2.11. The number of aromatic nitrogens is 2. The van der Waals surface area contributed by atoms with Crippen molar-refractivity contribution in [3.63, 3.8) is 0 Å². The van der Waals surface area contributed by atoms with Gasteiger partial charge < -0.3 is 10.3 Å². The Labute approximate surface area is 99.9 Å². The number of imidazole rings is 1. The molecule has 2 rings (SSSR count). The maximum atomic E-state index is 6.11. The molecular weight excluding hydrogens is 222 g/mol. The topological polar surface area (TPSA) is 43.8 Å². The average molecular weight is 236 g/mol. The van der Waals surface area contributed by atoms with Crippen LogP contribution in [0.2, 0.25) is 5.02 Å². The van der Waals surface area contributed by atoms with Gasteiger partial charge in [0.25, 0.3) is 0 Å². The summed E-state index contributed by atoms with van der Waals surface area (Å²) in [6.45, 7) is 2.65. The highest BCUT2D eigenvalue weighted by atomic mass is 35.5. The van der Waals surface area contributed by atoms with E-state index in [9.17, 15) is 0 Å². The zero-order valence-electron chi connectivity index (χ0n) is 9.10. The van der Waals surface area contributed by atoms with Crippen LogP contribution < -0.4 is 5.73 Å². The van der Waals surface area contributed by atoms with Crippen molar-refractivity contribution >= 4 is 11.6 Å². The van der Waals surface area contributed by atoms with Gasteiger partial charge in [-0.25, -0.2) is 4.98 Å². The van der Waals surface area contributed by atoms with E-state index in [1.807, 2.05) is 35.8 Å². The molecule has 16 heavy (non-hydrogen) atoms. The van der Waals surface area contributed by atoms with E-state index in [0.29, 0.717) is 6.54 Å². The van der Waals surface area contributed by atoms with Crippen LogP contribution in [0.5, 0.6) is 0 Å². The minimum atomic E-state index is -0.0232. The summed E-state index contributed by atoms with van der Waals surface area (Å²) < 4.78 is 2.02. The summed E-state index contributed by atoms with van der Waals surface area (Å²) >= 11 is 6.11. The lowest BCUT2D eigenvalue weighted by molar-refractivity contribution is 0.674. The first-order valence-corrected chi connectivity index (χ1v) is 5.55. The second kappa shape index (κ2) is 4.68. The van der Waals surface area contributed by atoms with Crippen LogP contribution in [0, 0.1) is 0 Å². The van der Waals surface area contributed by atoms with Crippen molar-refractivity contribution in [2.24, 2.45) is 5.73 Å². The summed E-state index contributed by atoms with van der Waals surface area (Å²) in [5, 5.41) is 0.770. The summed E-state index contributed by atoms with van der Waals surface area (Å²) in [7, 11) is 0. The van der Waals surface area contributed by atoms with Gasteiger partial charge in [-0.1, -0.05) is 29.8 Å². The maximum Gasteiger partial charge on any atom is 0.0951 e. The predicted molar refractivity (Wildman–Crippen MR) is 65.4 cm³/mol. The summed E-state index contributed by atoms with van der Waals surface area (Å²) in [6, 6.07) is 7.77. The van der Waals surface area contributed by atoms with E-state index >= 15 is 0 Å². The van der Waals surface area contributed by atoms with Crippen LogP contribution in [0.3, 0.4) is 0 Å². The van der Waals surface area contributed by atoms with Crippen molar-refractivity contribution in [2.45, 2.75) is 19.5 Å². The van der Waals surface area contributed by atoms with E-state index in [2.05, 4.69) is 4.98 Å². The third-order valence-electron chi connectivity index (χ3n) is 2.51. The molecule has 0 saturated carbocycles. The molecule has 0 unspecified atom stereocenters. The molecule has 4 heteroatoms. The first-order chi connectivity index (χ1) is 7.68. The zero-order valence-corrected chi connectivity index (χ0v) is 9.85.